The zero-order chi connectivity index (χ0) is 13.0. The van der Waals surface area contributed by atoms with E-state index in [1.165, 1.54) is 18.2 Å². The highest BCUT2D eigenvalue weighted by molar-refractivity contribution is 5.69. The first-order valence-electron chi connectivity index (χ1n) is 6.52. The van der Waals surface area contributed by atoms with E-state index < -0.39 is 0 Å². The van der Waals surface area contributed by atoms with Gasteiger partial charge in [0.1, 0.15) is 0 Å². The number of carbonyl (C=O) groups is 1. The molecule has 0 radical (unpaired) electrons. The molecular formula is C15H21NO2. The maximum Gasteiger partial charge on any atom is 0.305 e. The van der Waals surface area contributed by atoms with Gasteiger partial charge in [-0.25, -0.2) is 0 Å². The number of benzene rings is 1. The second kappa shape index (κ2) is 6.01. The number of carbonyl (C=O) groups excluding carboxylic acids is 1. The molecule has 98 valence electrons. The number of likely N-dealkylation sites (tertiary alicyclic amines) is 1. The van der Waals surface area contributed by atoms with E-state index in [0.29, 0.717) is 12.3 Å². The molecule has 2 rings (SSSR count). The van der Waals surface area contributed by atoms with Crippen LogP contribution in [0.15, 0.2) is 24.3 Å². The Morgan fingerprint density at radius 1 is 1.39 bits per heavy atom. The lowest BCUT2D eigenvalue weighted by atomic mass is 10.1. The Bertz CT molecular complexity index is 399. The highest BCUT2D eigenvalue weighted by atomic mass is 16.5. The molecule has 0 amide bonds. The maximum absolute atomic E-state index is 11.2. The molecule has 0 aromatic heterocycles. The van der Waals surface area contributed by atoms with Gasteiger partial charge in [0, 0.05) is 19.5 Å². The molecule has 1 aliphatic heterocycles. The summed E-state index contributed by atoms with van der Waals surface area (Å²) in [6.45, 7) is 5.17. The molecule has 1 heterocycles. The molecule has 1 aromatic carbocycles. The predicted octanol–water partition coefficient (Wildman–Crippen LogP) is 2.38. The highest BCUT2D eigenvalue weighted by Gasteiger charge is 2.24. The van der Waals surface area contributed by atoms with Gasteiger partial charge in [-0.3, -0.25) is 9.69 Å². The Morgan fingerprint density at radius 2 is 2.11 bits per heavy atom. The minimum Gasteiger partial charge on any atom is -0.469 e. The Balaban J connectivity index is 1.82. The lowest BCUT2D eigenvalue weighted by Crippen LogP contribution is -2.21. The van der Waals surface area contributed by atoms with E-state index >= 15 is 0 Å². The van der Waals surface area contributed by atoms with Gasteiger partial charge < -0.3 is 4.74 Å². The van der Waals surface area contributed by atoms with E-state index in [1.54, 1.807) is 0 Å². The van der Waals surface area contributed by atoms with Crippen molar-refractivity contribution >= 4 is 5.97 Å². The third-order valence-electron chi connectivity index (χ3n) is 3.58. The van der Waals surface area contributed by atoms with Crippen LogP contribution >= 0.6 is 0 Å². The minimum absolute atomic E-state index is 0.0859. The monoisotopic (exact) mass is 247 g/mol. The number of hydrogen-bond donors (Lipinski definition) is 0. The van der Waals surface area contributed by atoms with Crippen LogP contribution < -0.4 is 0 Å². The van der Waals surface area contributed by atoms with Crippen molar-refractivity contribution in [3.63, 3.8) is 0 Å². The van der Waals surface area contributed by atoms with E-state index in [-0.39, 0.29) is 5.97 Å². The summed E-state index contributed by atoms with van der Waals surface area (Å²) in [5, 5.41) is 0. The van der Waals surface area contributed by atoms with Crippen molar-refractivity contribution in [2.24, 2.45) is 5.92 Å². The quantitative estimate of drug-likeness (QED) is 0.765. The van der Waals surface area contributed by atoms with Crippen LogP contribution in [0.1, 0.15) is 24.0 Å². The summed E-state index contributed by atoms with van der Waals surface area (Å²) in [6.07, 6.45) is 1.65. The molecule has 0 spiro atoms. The van der Waals surface area contributed by atoms with E-state index in [1.807, 2.05) is 0 Å². The molecule has 0 bridgehead atoms. The molecule has 3 nitrogen and oxygen atoms in total. The van der Waals surface area contributed by atoms with Gasteiger partial charge in [0.25, 0.3) is 0 Å². The van der Waals surface area contributed by atoms with Gasteiger partial charge in [-0.1, -0.05) is 29.8 Å². The van der Waals surface area contributed by atoms with Gasteiger partial charge >= 0.3 is 5.97 Å². The van der Waals surface area contributed by atoms with Crippen molar-refractivity contribution in [2.75, 3.05) is 20.2 Å². The molecule has 18 heavy (non-hydrogen) atoms. The van der Waals surface area contributed by atoms with Crippen LogP contribution in [0, 0.1) is 12.8 Å². The number of nitrogens with zero attached hydrogens (tertiary/aromatic N) is 1. The van der Waals surface area contributed by atoms with E-state index in [2.05, 4.69) is 36.1 Å². The van der Waals surface area contributed by atoms with E-state index in [4.69, 9.17) is 4.74 Å². The molecule has 1 saturated heterocycles. The number of aryl methyl sites for hydroxylation is 1. The zero-order valence-corrected chi connectivity index (χ0v) is 11.2. The van der Waals surface area contributed by atoms with Crippen molar-refractivity contribution in [3.8, 4) is 0 Å². The average molecular weight is 247 g/mol. The van der Waals surface area contributed by atoms with Crippen molar-refractivity contribution in [2.45, 2.75) is 26.3 Å². The molecule has 1 aromatic rings. The molecule has 1 unspecified atom stereocenters. The SMILES string of the molecule is COC(=O)CC1CCN(Cc2ccc(C)cc2)C1. The summed E-state index contributed by atoms with van der Waals surface area (Å²) in [6, 6.07) is 8.67. The molecule has 1 atom stereocenters. The fraction of sp³-hybridized carbons (Fsp3) is 0.533. The summed E-state index contributed by atoms with van der Waals surface area (Å²) in [4.78, 5) is 13.6. The molecule has 1 fully saturated rings. The number of hydrogen-bond acceptors (Lipinski definition) is 3. The van der Waals surface area contributed by atoms with Crippen LogP contribution in [-0.2, 0) is 16.1 Å². The Hall–Kier alpha value is -1.35. The summed E-state index contributed by atoms with van der Waals surface area (Å²) in [7, 11) is 1.46. The first-order chi connectivity index (χ1) is 8.67. The fourth-order valence-electron chi connectivity index (χ4n) is 2.49. The molecule has 0 aliphatic carbocycles. The van der Waals surface area contributed by atoms with Crippen LogP contribution in [0.4, 0.5) is 0 Å². The van der Waals surface area contributed by atoms with Crippen molar-refractivity contribution in [3.05, 3.63) is 35.4 Å². The predicted molar refractivity (Wildman–Crippen MR) is 71.2 cm³/mol. The third kappa shape index (κ3) is 3.57. The number of esters is 1. The lowest BCUT2D eigenvalue weighted by molar-refractivity contribution is -0.141. The zero-order valence-electron chi connectivity index (χ0n) is 11.2. The summed E-state index contributed by atoms with van der Waals surface area (Å²) < 4.78 is 4.72. The van der Waals surface area contributed by atoms with Crippen molar-refractivity contribution in [1.82, 2.24) is 4.90 Å². The Kier molecular flexibility index (Phi) is 4.37. The Morgan fingerprint density at radius 3 is 2.78 bits per heavy atom. The number of ether oxygens (including phenoxy) is 1. The summed E-state index contributed by atoms with van der Waals surface area (Å²) in [5.41, 5.74) is 2.64. The van der Waals surface area contributed by atoms with Gasteiger partial charge in [0.05, 0.1) is 7.11 Å². The summed E-state index contributed by atoms with van der Waals surface area (Å²) in [5.74, 6) is 0.375. The van der Waals surface area contributed by atoms with Gasteiger partial charge in [-0.05, 0) is 31.4 Å². The second-order valence-electron chi connectivity index (χ2n) is 5.16. The number of methoxy groups -OCH3 is 1. The third-order valence-corrected chi connectivity index (χ3v) is 3.58. The van der Waals surface area contributed by atoms with Gasteiger partial charge in [-0.15, -0.1) is 0 Å². The normalized spacial score (nSPS) is 20.0. The maximum atomic E-state index is 11.2. The average Bonchev–Trinajstić information content (AvgIpc) is 2.79. The fourth-order valence-corrected chi connectivity index (χ4v) is 2.49. The highest BCUT2D eigenvalue weighted by Crippen LogP contribution is 2.21. The first kappa shape index (κ1) is 13.1. The van der Waals surface area contributed by atoms with Gasteiger partial charge in [0.2, 0.25) is 0 Å². The number of rotatable bonds is 4. The van der Waals surface area contributed by atoms with Crippen LogP contribution in [0.25, 0.3) is 0 Å². The van der Waals surface area contributed by atoms with E-state index in [0.717, 1.165) is 26.1 Å². The smallest absolute Gasteiger partial charge is 0.305 e. The molecule has 3 heteroatoms. The second-order valence-corrected chi connectivity index (χ2v) is 5.16. The Labute approximate surface area is 109 Å². The molecule has 0 N–H and O–H groups in total. The minimum atomic E-state index is -0.0859. The standard InChI is InChI=1S/C15H21NO2/c1-12-3-5-13(6-4-12)10-16-8-7-14(11-16)9-15(17)18-2/h3-6,14H,7-11H2,1-2H3. The molecule has 0 saturated carbocycles. The summed E-state index contributed by atoms with van der Waals surface area (Å²) >= 11 is 0. The first-order valence-corrected chi connectivity index (χ1v) is 6.52. The largest absolute Gasteiger partial charge is 0.469 e. The van der Waals surface area contributed by atoms with Crippen LogP contribution in [0.3, 0.4) is 0 Å². The van der Waals surface area contributed by atoms with Crippen LogP contribution in [0.5, 0.6) is 0 Å². The van der Waals surface area contributed by atoms with Gasteiger partial charge in [0.15, 0.2) is 0 Å². The van der Waals surface area contributed by atoms with Gasteiger partial charge in [-0.2, -0.15) is 0 Å². The van der Waals surface area contributed by atoms with Crippen LogP contribution in [-0.4, -0.2) is 31.1 Å². The molecular weight excluding hydrogens is 226 g/mol. The molecule has 1 aliphatic rings. The van der Waals surface area contributed by atoms with Crippen molar-refractivity contribution in [1.29, 1.82) is 0 Å². The van der Waals surface area contributed by atoms with E-state index in [9.17, 15) is 4.79 Å². The topological polar surface area (TPSA) is 29.5 Å². The van der Waals surface area contributed by atoms with Crippen molar-refractivity contribution < 1.29 is 9.53 Å². The lowest BCUT2D eigenvalue weighted by Gasteiger charge is -2.15. The van der Waals surface area contributed by atoms with Crippen LogP contribution in [0.2, 0.25) is 0 Å².